The Morgan fingerprint density at radius 3 is 2.86 bits per heavy atom. The molecule has 0 aromatic carbocycles. The number of furan rings is 1. The summed E-state index contributed by atoms with van der Waals surface area (Å²) in [6.45, 7) is 3.73. The zero-order valence-electron chi connectivity index (χ0n) is 8.11. The van der Waals surface area contributed by atoms with E-state index in [1.54, 1.807) is 6.26 Å². The van der Waals surface area contributed by atoms with Gasteiger partial charge in [-0.2, -0.15) is 5.10 Å². The molecular formula is C9H12N4O. The summed E-state index contributed by atoms with van der Waals surface area (Å²) < 4.78 is 5.16. The van der Waals surface area contributed by atoms with E-state index >= 15 is 0 Å². The topological polar surface area (TPSA) is 80.7 Å². The SMILES string of the molecule is Cc1occc1-c1n[nH]c([C@H](C)N)n1. The molecule has 2 aromatic heterocycles. The van der Waals surface area contributed by atoms with Crippen molar-refractivity contribution in [3.05, 3.63) is 23.9 Å². The van der Waals surface area contributed by atoms with E-state index in [-0.39, 0.29) is 6.04 Å². The van der Waals surface area contributed by atoms with Gasteiger partial charge >= 0.3 is 0 Å². The summed E-state index contributed by atoms with van der Waals surface area (Å²) in [5.41, 5.74) is 6.56. The van der Waals surface area contributed by atoms with Crippen LogP contribution in [0.4, 0.5) is 0 Å². The smallest absolute Gasteiger partial charge is 0.184 e. The molecule has 1 atom stereocenters. The number of nitrogens with one attached hydrogen (secondary N) is 1. The first-order valence-corrected chi connectivity index (χ1v) is 4.41. The van der Waals surface area contributed by atoms with Crippen LogP contribution in [0.5, 0.6) is 0 Å². The van der Waals surface area contributed by atoms with E-state index in [4.69, 9.17) is 10.2 Å². The van der Waals surface area contributed by atoms with Gasteiger partial charge in [0.15, 0.2) is 5.82 Å². The second-order valence-corrected chi connectivity index (χ2v) is 3.22. The van der Waals surface area contributed by atoms with Gasteiger partial charge in [-0.25, -0.2) is 4.98 Å². The highest BCUT2D eigenvalue weighted by molar-refractivity contribution is 5.56. The molecule has 5 nitrogen and oxygen atoms in total. The van der Waals surface area contributed by atoms with E-state index < -0.39 is 0 Å². The fourth-order valence-electron chi connectivity index (χ4n) is 1.22. The lowest BCUT2D eigenvalue weighted by Gasteiger charge is -1.95. The predicted octanol–water partition coefficient (Wildman–Crippen LogP) is 1.39. The van der Waals surface area contributed by atoms with E-state index in [2.05, 4.69) is 15.2 Å². The molecular weight excluding hydrogens is 180 g/mol. The predicted molar refractivity (Wildman–Crippen MR) is 51.4 cm³/mol. The largest absolute Gasteiger partial charge is 0.469 e. The van der Waals surface area contributed by atoms with Crippen LogP contribution in [0.3, 0.4) is 0 Å². The van der Waals surface area contributed by atoms with Crippen LogP contribution in [0.1, 0.15) is 24.6 Å². The molecule has 5 heteroatoms. The van der Waals surface area contributed by atoms with Crippen molar-refractivity contribution in [2.45, 2.75) is 19.9 Å². The second kappa shape index (κ2) is 3.26. The van der Waals surface area contributed by atoms with Gasteiger partial charge in [0.1, 0.15) is 11.6 Å². The lowest BCUT2D eigenvalue weighted by atomic mass is 10.2. The van der Waals surface area contributed by atoms with Crippen LogP contribution in [-0.2, 0) is 0 Å². The molecule has 0 saturated heterocycles. The van der Waals surface area contributed by atoms with Crippen LogP contribution < -0.4 is 5.73 Å². The minimum absolute atomic E-state index is 0.136. The van der Waals surface area contributed by atoms with Crippen molar-refractivity contribution in [2.24, 2.45) is 5.73 Å². The zero-order valence-corrected chi connectivity index (χ0v) is 8.11. The maximum Gasteiger partial charge on any atom is 0.184 e. The Bertz CT molecular complexity index is 429. The van der Waals surface area contributed by atoms with Gasteiger partial charge in [-0.3, -0.25) is 5.10 Å². The number of rotatable bonds is 2. The third-order valence-corrected chi connectivity index (χ3v) is 2.03. The fraction of sp³-hybridized carbons (Fsp3) is 0.333. The molecule has 0 unspecified atom stereocenters. The molecule has 0 aliphatic heterocycles. The summed E-state index contributed by atoms with van der Waals surface area (Å²) in [4.78, 5) is 4.26. The molecule has 74 valence electrons. The summed E-state index contributed by atoms with van der Waals surface area (Å²) in [5, 5.41) is 6.86. The Morgan fingerprint density at radius 1 is 1.57 bits per heavy atom. The van der Waals surface area contributed by atoms with Crippen LogP contribution >= 0.6 is 0 Å². The Kier molecular flexibility index (Phi) is 2.09. The first-order valence-electron chi connectivity index (χ1n) is 4.41. The van der Waals surface area contributed by atoms with E-state index in [9.17, 15) is 0 Å². The molecule has 0 aliphatic carbocycles. The number of hydrogen-bond acceptors (Lipinski definition) is 4. The highest BCUT2D eigenvalue weighted by Crippen LogP contribution is 2.20. The molecule has 0 fully saturated rings. The van der Waals surface area contributed by atoms with Crippen LogP contribution in [0.25, 0.3) is 11.4 Å². The van der Waals surface area contributed by atoms with Crippen molar-refractivity contribution >= 4 is 0 Å². The quantitative estimate of drug-likeness (QED) is 0.753. The standard InChI is InChI=1S/C9H12N4O/c1-5(10)8-11-9(13-12-8)7-3-4-14-6(7)2/h3-5H,10H2,1-2H3,(H,11,12,13)/t5-/m0/s1. The van der Waals surface area contributed by atoms with Crippen molar-refractivity contribution in [2.75, 3.05) is 0 Å². The van der Waals surface area contributed by atoms with Crippen LogP contribution in [0.15, 0.2) is 16.7 Å². The third kappa shape index (κ3) is 1.42. The normalized spacial score (nSPS) is 13.1. The molecule has 2 rings (SSSR count). The maximum atomic E-state index is 5.66. The van der Waals surface area contributed by atoms with E-state index in [1.165, 1.54) is 0 Å². The summed E-state index contributed by atoms with van der Waals surface area (Å²) in [5.74, 6) is 2.12. The lowest BCUT2D eigenvalue weighted by molar-refractivity contribution is 0.535. The van der Waals surface area contributed by atoms with Crippen molar-refractivity contribution < 1.29 is 4.42 Å². The average Bonchev–Trinajstić information content (AvgIpc) is 2.71. The number of nitrogens with two attached hydrogens (primary N) is 1. The Morgan fingerprint density at radius 2 is 2.36 bits per heavy atom. The van der Waals surface area contributed by atoms with Gasteiger partial charge in [-0.1, -0.05) is 0 Å². The summed E-state index contributed by atoms with van der Waals surface area (Å²) in [6.07, 6.45) is 1.62. The van der Waals surface area contributed by atoms with Crippen molar-refractivity contribution in [3.63, 3.8) is 0 Å². The lowest BCUT2D eigenvalue weighted by Crippen LogP contribution is -2.06. The number of aryl methyl sites for hydroxylation is 1. The molecule has 0 spiro atoms. The second-order valence-electron chi connectivity index (χ2n) is 3.22. The molecule has 14 heavy (non-hydrogen) atoms. The Labute approximate surface area is 81.3 Å². The first kappa shape index (κ1) is 8.96. The molecule has 3 N–H and O–H groups in total. The average molecular weight is 192 g/mol. The summed E-state index contributed by atoms with van der Waals surface area (Å²) in [6, 6.07) is 1.70. The van der Waals surface area contributed by atoms with Gasteiger partial charge in [0.25, 0.3) is 0 Å². The number of aromatic amines is 1. The van der Waals surface area contributed by atoms with Gasteiger partial charge in [-0.15, -0.1) is 0 Å². The van der Waals surface area contributed by atoms with Crippen molar-refractivity contribution in [3.8, 4) is 11.4 Å². The molecule has 2 aromatic rings. The monoisotopic (exact) mass is 192 g/mol. The van der Waals surface area contributed by atoms with Gasteiger partial charge in [-0.05, 0) is 19.9 Å². The van der Waals surface area contributed by atoms with Crippen molar-refractivity contribution in [1.29, 1.82) is 0 Å². The van der Waals surface area contributed by atoms with Gasteiger partial charge in [0.05, 0.1) is 17.9 Å². The van der Waals surface area contributed by atoms with Gasteiger partial charge in [0, 0.05) is 0 Å². The van der Waals surface area contributed by atoms with Crippen molar-refractivity contribution in [1.82, 2.24) is 15.2 Å². The maximum absolute atomic E-state index is 5.66. The number of H-pyrrole nitrogens is 1. The molecule has 0 saturated carbocycles. The van der Waals surface area contributed by atoms with Crippen LogP contribution in [-0.4, -0.2) is 15.2 Å². The minimum Gasteiger partial charge on any atom is -0.469 e. The number of aromatic nitrogens is 3. The third-order valence-electron chi connectivity index (χ3n) is 2.03. The molecule has 0 bridgehead atoms. The van der Waals surface area contributed by atoms with Gasteiger partial charge < -0.3 is 10.2 Å². The number of hydrogen-bond donors (Lipinski definition) is 2. The Hall–Kier alpha value is -1.62. The Balaban J connectivity index is 2.39. The fourth-order valence-corrected chi connectivity index (χ4v) is 1.22. The molecule has 0 amide bonds. The number of nitrogens with zero attached hydrogens (tertiary/aromatic N) is 2. The molecule has 0 radical (unpaired) electrons. The van der Waals surface area contributed by atoms with E-state index in [1.807, 2.05) is 19.9 Å². The minimum atomic E-state index is -0.136. The van der Waals surface area contributed by atoms with E-state index in [0.29, 0.717) is 11.6 Å². The first-order chi connectivity index (χ1) is 6.68. The molecule has 2 heterocycles. The van der Waals surface area contributed by atoms with Crippen LogP contribution in [0.2, 0.25) is 0 Å². The highest BCUT2D eigenvalue weighted by Gasteiger charge is 2.11. The zero-order chi connectivity index (χ0) is 10.1. The van der Waals surface area contributed by atoms with E-state index in [0.717, 1.165) is 11.3 Å². The molecule has 0 aliphatic rings. The summed E-state index contributed by atoms with van der Waals surface area (Å²) in [7, 11) is 0. The highest BCUT2D eigenvalue weighted by atomic mass is 16.3. The van der Waals surface area contributed by atoms with Crippen LogP contribution in [0, 0.1) is 6.92 Å². The summed E-state index contributed by atoms with van der Waals surface area (Å²) >= 11 is 0. The van der Waals surface area contributed by atoms with Gasteiger partial charge in [0.2, 0.25) is 0 Å².